The zero-order valence-corrected chi connectivity index (χ0v) is 7.77. The highest BCUT2D eigenvalue weighted by Gasteiger charge is 2.28. The van der Waals surface area contributed by atoms with Crippen LogP contribution in [-0.2, 0) is 17.8 Å². The van der Waals surface area contributed by atoms with Gasteiger partial charge in [-0.2, -0.15) is 13.2 Å². The van der Waals surface area contributed by atoms with Gasteiger partial charge in [-0.05, 0) is 11.1 Å². The molecule has 0 spiro atoms. The highest BCUT2D eigenvalue weighted by Crippen LogP contribution is 2.23. The maximum atomic E-state index is 12.1. The van der Waals surface area contributed by atoms with Crippen LogP contribution in [0.5, 0.6) is 0 Å². The zero-order valence-electron chi connectivity index (χ0n) is 7.77. The topological polar surface area (TPSA) is 9.23 Å². The first kappa shape index (κ1) is 11.0. The lowest BCUT2D eigenvalue weighted by Gasteiger charge is -2.10. The van der Waals surface area contributed by atoms with Crippen molar-refractivity contribution in [1.82, 2.24) is 0 Å². The third-order valence-corrected chi connectivity index (χ3v) is 1.81. The molecular formula is C10H11F3O. The molecular weight excluding hydrogens is 193 g/mol. The van der Waals surface area contributed by atoms with E-state index in [1.165, 1.54) is 13.2 Å². The summed E-state index contributed by atoms with van der Waals surface area (Å²) in [5, 5.41) is 0. The van der Waals surface area contributed by atoms with E-state index in [2.05, 4.69) is 0 Å². The molecule has 1 nitrogen and oxygen atoms in total. The Labute approximate surface area is 80.5 Å². The van der Waals surface area contributed by atoms with Crippen molar-refractivity contribution in [1.29, 1.82) is 0 Å². The maximum absolute atomic E-state index is 12.1. The van der Waals surface area contributed by atoms with Crippen LogP contribution in [0.4, 0.5) is 13.2 Å². The summed E-state index contributed by atoms with van der Waals surface area (Å²) in [6, 6.07) is 6.42. The van der Waals surface area contributed by atoms with Crippen molar-refractivity contribution in [3.63, 3.8) is 0 Å². The summed E-state index contributed by atoms with van der Waals surface area (Å²) in [6.07, 6.45) is -5.06. The highest BCUT2D eigenvalue weighted by atomic mass is 19.4. The Morgan fingerprint density at radius 3 is 2.21 bits per heavy atom. The highest BCUT2D eigenvalue weighted by molar-refractivity contribution is 5.27. The van der Waals surface area contributed by atoms with Gasteiger partial charge in [0, 0.05) is 7.11 Å². The van der Waals surface area contributed by atoms with Crippen LogP contribution < -0.4 is 0 Å². The molecule has 14 heavy (non-hydrogen) atoms. The molecule has 0 saturated heterocycles. The monoisotopic (exact) mass is 204 g/mol. The smallest absolute Gasteiger partial charge is 0.380 e. The van der Waals surface area contributed by atoms with Gasteiger partial charge in [0.15, 0.2) is 0 Å². The van der Waals surface area contributed by atoms with Crippen molar-refractivity contribution in [2.45, 2.75) is 19.2 Å². The molecule has 0 bridgehead atoms. The molecule has 0 aliphatic heterocycles. The molecule has 0 heterocycles. The molecule has 4 heteroatoms. The normalized spacial score (nSPS) is 11.7. The third kappa shape index (κ3) is 3.38. The summed E-state index contributed by atoms with van der Waals surface area (Å²) in [7, 11) is 1.46. The first-order valence-corrected chi connectivity index (χ1v) is 4.15. The summed E-state index contributed by atoms with van der Waals surface area (Å²) in [4.78, 5) is 0. The number of benzene rings is 1. The summed E-state index contributed by atoms with van der Waals surface area (Å²) in [5.41, 5.74) is 0.870. The van der Waals surface area contributed by atoms with Crippen LogP contribution in [0.15, 0.2) is 24.3 Å². The quantitative estimate of drug-likeness (QED) is 0.735. The molecule has 0 saturated carbocycles. The second-order valence-corrected chi connectivity index (χ2v) is 2.99. The largest absolute Gasteiger partial charge is 0.393 e. The number of hydrogen-bond donors (Lipinski definition) is 0. The van der Waals surface area contributed by atoms with Crippen LogP contribution in [0.2, 0.25) is 0 Å². The molecule has 0 aliphatic rings. The molecule has 0 atom stereocenters. The third-order valence-electron chi connectivity index (χ3n) is 1.81. The summed E-state index contributed by atoms with van der Waals surface area (Å²) in [5.74, 6) is 0. The summed E-state index contributed by atoms with van der Waals surface area (Å²) < 4.78 is 41.2. The summed E-state index contributed by atoms with van der Waals surface area (Å²) in [6.45, 7) is 0.215. The van der Waals surface area contributed by atoms with Gasteiger partial charge in [-0.3, -0.25) is 0 Å². The van der Waals surface area contributed by atoms with E-state index >= 15 is 0 Å². The van der Waals surface area contributed by atoms with E-state index in [9.17, 15) is 13.2 Å². The van der Waals surface area contributed by atoms with Crippen LogP contribution in [-0.4, -0.2) is 13.3 Å². The van der Waals surface area contributed by atoms with Crippen molar-refractivity contribution in [2.75, 3.05) is 7.11 Å². The molecule has 1 aromatic carbocycles. The Bertz CT molecular complexity index is 294. The minimum absolute atomic E-state index is 0.215. The van der Waals surface area contributed by atoms with Crippen LogP contribution in [0.1, 0.15) is 11.1 Å². The second-order valence-electron chi connectivity index (χ2n) is 2.99. The fraction of sp³-hybridized carbons (Fsp3) is 0.400. The fourth-order valence-electron chi connectivity index (χ4n) is 1.24. The fourth-order valence-corrected chi connectivity index (χ4v) is 1.24. The zero-order chi connectivity index (χ0) is 10.6. The first-order valence-electron chi connectivity index (χ1n) is 4.15. The Morgan fingerprint density at radius 1 is 1.14 bits per heavy atom. The molecule has 0 amide bonds. The standard InChI is InChI=1S/C10H11F3O/c1-14-7-9-5-3-2-4-8(9)6-10(11,12)13/h2-5H,6-7H2,1H3. The Balaban J connectivity index is 2.84. The van der Waals surface area contributed by atoms with Gasteiger partial charge < -0.3 is 4.74 Å². The molecule has 0 aromatic heterocycles. The average Bonchev–Trinajstić information content (AvgIpc) is 2.06. The van der Waals surface area contributed by atoms with Crippen molar-refractivity contribution < 1.29 is 17.9 Å². The maximum Gasteiger partial charge on any atom is 0.393 e. The Kier molecular flexibility index (Phi) is 3.52. The van der Waals surface area contributed by atoms with E-state index < -0.39 is 12.6 Å². The van der Waals surface area contributed by atoms with Crippen molar-refractivity contribution in [2.24, 2.45) is 0 Å². The van der Waals surface area contributed by atoms with E-state index in [0.29, 0.717) is 5.56 Å². The summed E-state index contributed by atoms with van der Waals surface area (Å²) >= 11 is 0. The predicted molar refractivity (Wildman–Crippen MR) is 46.9 cm³/mol. The number of hydrogen-bond acceptors (Lipinski definition) is 1. The van der Waals surface area contributed by atoms with Crippen LogP contribution in [0, 0.1) is 0 Å². The molecule has 0 fully saturated rings. The van der Waals surface area contributed by atoms with Gasteiger partial charge in [-0.15, -0.1) is 0 Å². The molecule has 0 unspecified atom stereocenters. The van der Waals surface area contributed by atoms with Gasteiger partial charge in [0.25, 0.3) is 0 Å². The number of alkyl halides is 3. The number of ether oxygens (including phenoxy) is 1. The lowest BCUT2D eigenvalue weighted by Crippen LogP contribution is -2.13. The van der Waals surface area contributed by atoms with Gasteiger partial charge in [0.05, 0.1) is 13.0 Å². The number of halogens is 3. The predicted octanol–water partition coefficient (Wildman–Crippen LogP) is 2.94. The minimum Gasteiger partial charge on any atom is -0.380 e. The SMILES string of the molecule is COCc1ccccc1CC(F)(F)F. The van der Waals surface area contributed by atoms with Crippen molar-refractivity contribution in [3.05, 3.63) is 35.4 Å². The second kappa shape index (κ2) is 4.46. The van der Waals surface area contributed by atoms with Gasteiger partial charge in [-0.1, -0.05) is 24.3 Å². The molecule has 1 aromatic rings. The van der Waals surface area contributed by atoms with Gasteiger partial charge in [0.1, 0.15) is 0 Å². The van der Waals surface area contributed by atoms with Crippen LogP contribution in [0.25, 0.3) is 0 Å². The average molecular weight is 204 g/mol. The van der Waals surface area contributed by atoms with Crippen molar-refractivity contribution >= 4 is 0 Å². The molecule has 1 rings (SSSR count). The van der Waals surface area contributed by atoms with Gasteiger partial charge in [-0.25, -0.2) is 0 Å². The van der Waals surface area contributed by atoms with E-state index in [-0.39, 0.29) is 12.2 Å². The molecule has 0 N–H and O–H groups in total. The number of rotatable bonds is 3. The molecule has 0 radical (unpaired) electrons. The molecule has 0 aliphatic carbocycles. The van der Waals surface area contributed by atoms with E-state index in [0.717, 1.165) is 0 Å². The number of methoxy groups -OCH3 is 1. The van der Waals surface area contributed by atoms with E-state index in [1.807, 2.05) is 0 Å². The molecule has 78 valence electrons. The van der Waals surface area contributed by atoms with E-state index in [4.69, 9.17) is 4.74 Å². The van der Waals surface area contributed by atoms with E-state index in [1.54, 1.807) is 18.2 Å². The van der Waals surface area contributed by atoms with Crippen molar-refractivity contribution in [3.8, 4) is 0 Å². The van der Waals surface area contributed by atoms with Gasteiger partial charge in [0.2, 0.25) is 0 Å². The minimum atomic E-state index is -4.16. The lowest BCUT2D eigenvalue weighted by atomic mass is 10.1. The lowest BCUT2D eigenvalue weighted by molar-refractivity contribution is -0.127. The Hall–Kier alpha value is -1.03. The van der Waals surface area contributed by atoms with Crippen LogP contribution >= 0.6 is 0 Å². The first-order chi connectivity index (χ1) is 6.53. The van der Waals surface area contributed by atoms with Crippen LogP contribution in [0.3, 0.4) is 0 Å². The van der Waals surface area contributed by atoms with Gasteiger partial charge >= 0.3 is 6.18 Å². The Morgan fingerprint density at radius 2 is 1.71 bits per heavy atom.